The van der Waals surface area contributed by atoms with Crippen LogP contribution in [0.1, 0.15) is 22.9 Å². The van der Waals surface area contributed by atoms with E-state index >= 15 is 0 Å². The van der Waals surface area contributed by atoms with Gasteiger partial charge in [-0.25, -0.2) is 13.4 Å². The topological polar surface area (TPSA) is 47.0 Å². The van der Waals surface area contributed by atoms with Gasteiger partial charge in [-0.05, 0) is 24.8 Å². The third kappa shape index (κ3) is 2.72. The minimum absolute atomic E-state index is 0.163. The molecule has 0 saturated carbocycles. The van der Waals surface area contributed by atoms with Gasteiger partial charge in [0, 0.05) is 10.9 Å². The van der Waals surface area contributed by atoms with Gasteiger partial charge >= 0.3 is 0 Å². The molecule has 0 amide bonds. The molecule has 1 aliphatic heterocycles. The molecule has 0 unspecified atom stereocenters. The van der Waals surface area contributed by atoms with Crippen LogP contribution in [0, 0.1) is 6.92 Å². The quantitative estimate of drug-likeness (QED) is 0.855. The van der Waals surface area contributed by atoms with Crippen molar-refractivity contribution in [1.29, 1.82) is 0 Å². The third-order valence-corrected chi connectivity index (χ3v) is 6.07. The average molecular weight is 293 g/mol. The highest BCUT2D eigenvalue weighted by atomic mass is 32.2. The van der Waals surface area contributed by atoms with Crippen molar-refractivity contribution in [3.8, 4) is 11.3 Å². The molecular weight excluding hydrogens is 278 g/mol. The smallest absolute Gasteiger partial charge is 0.150 e. The summed E-state index contributed by atoms with van der Waals surface area (Å²) in [5, 5.41) is 3.10. The molecule has 2 aromatic rings. The van der Waals surface area contributed by atoms with E-state index in [1.54, 1.807) is 11.3 Å². The van der Waals surface area contributed by atoms with E-state index in [1.165, 1.54) is 0 Å². The van der Waals surface area contributed by atoms with Crippen LogP contribution in [0.5, 0.6) is 0 Å². The molecule has 1 aromatic carbocycles. The Morgan fingerprint density at radius 2 is 2.00 bits per heavy atom. The molecule has 5 heteroatoms. The van der Waals surface area contributed by atoms with Crippen molar-refractivity contribution in [2.75, 3.05) is 11.5 Å². The standard InChI is InChI=1S/C14H15NO2S2/c1-10-15-14(8-18-10)12-4-2-11(3-5-12)13-6-7-19(16,17)9-13/h2-5,8,13H,6-7,9H2,1H3/t13-/m0/s1. The van der Waals surface area contributed by atoms with Crippen molar-refractivity contribution in [1.82, 2.24) is 4.98 Å². The van der Waals surface area contributed by atoms with Crippen molar-refractivity contribution < 1.29 is 8.42 Å². The molecule has 0 bridgehead atoms. The normalized spacial score (nSPS) is 21.6. The Morgan fingerprint density at radius 3 is 2.53 bits per heavy atom. The van der Waals surface area contributed by atoms with Gasteiger partial charge in [0.15, 0.2) is 9.84 Å². The van der Waals surface area contributed by atoms with E-state index in [4.69, 9.17) is 0 Å². The number of hydrogen-bond acceptors (Lipinski definition) is 4. The zero-order valence-corrected chi connectivity index (χ0v) is 12.3. The number of thiazole rings is 1. The molecule has 0 radical (unpaired) electrons. The third-order valence-electron chi connectivity index (χ3n) is 3.53. The van der Waals surface area contributed by atoms with Crippen molar-refractivity contribution in [2.24, 2.45) is 0 Å². The van der Waals surface area contributed by atoms with Gasteiger partial charge in [-0.15, -0.1) is 11.3 Å². The second-order valence-corrected chi connectivity index (χ2v) is 8.26. The number of sulfone groups is 1. The number of nitrogens with zero attached hydrogens (tertiary/aromatic N) is 1. The van der Waals surface area contributed by atoms with Crippen LogP contribution in [0.4, 0.5) is 0 Å². The van der Waals surface area contributed by atoms with Crippen LogP contribution in [0.15, 0.2) is 29.6 Å². The molecule has 1 aromatic heterocycles. The summed E-state index contributed by atoms with van der Waals surface area (Å²) in [5.41, 5.74) is 3.21. The molecular formula is C14H15NO2S2. The fraction of sp³-hybridized carbons (Fsp3) is 0.357. The molecule has 3 rings (SSSR count). The Morgan fingerprint density at radius 1 is 1.26 bits per heavy atom. The van der Waals surface area contributed by atoms with Crippen LogP contribution in [0.3, 0.4) is 0 Å². The molecule has 0 N–H and O–H groups in total. The maximum absolute atomic E-state index is 11.5. The Balaban J connectivity index is 1.83. The van der Waals surface area contributed by atoms with Gasteiger partial charge in [0.1, 0.15) is 0 Å². The summed E-state index contributed by atoms with van der Waals surface area (Å²) in [6.07, 6.45) is 0.748. The highest BCUT2D eigenvalue weighted by Gasteiger charge is 2.28. The highest BCUT2D eigenvalue weighted by molar-refractivity contribution is 7.91. The van der Waals surface area contributed by atoms with Crippen LogP contribution in [0.25, 0.3) is 11.3 Å². The minimum atomic E-state index is -2.81. The van der Waals surface area contributed by atoms with E-state index in [0.717, 1.165) is 28.2 Å². The maximum atomic E-state index is 11.5. The van der Waals surface area contributed by atoms with Crippen molar-refractivity contribution in [2.45, 2.75) is 19.3 Å². The van der Waals surface area contributed by atoms with Gasteiger partial charge < -0.3 is 0 Å². The predicted molar refractivity (Wildman–Crippen MR) is 78.3 cm³/mol. The molecule has 3 nitrogen and oxygen atoms in total. The summed E-state index contributed by atoms with van der Waals surface area (Å²) in [6, 6.07) is 8.15. The lowest BCUT2D eigenvalue weighted by molar-refractivity contribution is 0.601. The SMILES string of the molecule is Cc1nc(-c2ccc([C@H]3CCS(=O)(=O)C3)cc2)cs1. The second-order valence-electron chi connectivity index (χ2n) is 4.97. The lowest BCUT2D eigenvalue weighted by atomic mass is 9.97. The maximum Gasteiger partial charge on any atom is 0.150 e. The second kappa shape index (κ2) is 4.72. The van der Waals surface area contributed by atoms with Gasteiger partial charge in [-0.2, -0.15) is 0 Å². The van der Waals surface area contributed by atoms with E-state index in [0.29, 0.717) is 11.5 Å². The van der Waals surface area contributed by atoms with Crippen LogP contribution in [-0.2, 0) is 9.84 Å². The number of rotatable bonds is 2. The van der Waals surface area contributed by atoms with Gasteiger partial charge in [-0.3, -0.25) is 0 Å². The van der Waals surface area contributed by atoms with Crippen LogP contribution >= 0.6 is 11.3 Å². The molecule has 1 aliphatic rings. The summed E-state index contributed by atoms with van der Waals surface area (Å²) in [7, 11) is -2.81. The predicted octanol–water partition coefficient (Wildman–Crippen LogP) is 3.02. The van der Waals surface area contributed by atoms with Crippen LogP contribution in [0.2, 0.25) is 0 Å². The molecule has 100 valence electrons. The van der Waals surface area contributed by atoms with Crippen LogP contribution < -0.4 is 0 Å². The summed E-state index contributed by atoms with van der Waals surface area (Å²) in [4.78, 5) is 4.45. The lowest BCUT2D eigenvalue weighted by Crippen LogP contribution is -2.03. The Labute approximate surface area is 117 Å². The molecule has 19 heavy (non-hydrogen) atoms. The summed E-state index contributed by atoms with van der Waals surface area (Å²) in [6.45, 7) is 1.99. The van der Waals surface area contributed by atoms with Crippen molar-refractivity contribution >= 4 is 21.2 Å². The van der Waals surface area contributed by atoms with Crippen molar-refractivity contribution in [3.63, 3.8) is 0 Å². The fourth-order valence-corrected chi connectivity index (χ4v) is 4.88. The minimum Gasteiger partial charge on any atom is -0.242 e. The first-order valence-electron chi connectivity index (χ1n) is 6.26. The first-order valence-corrected chi connectivity index (χ1v) is 8.96. The van der Waals surface area contributed by atoms with Gasteiger partial charge in [0.2, 0.25) is 0 Å². The van der Waals surface area contributed by atoms with E-state index in [9.17, 15) is 8.42 Å². The van der Waals surface area contributed by atoms with Gasteiger partial charge in [0.25, 0.3) is 0 Å². The first kappa shape index (κ1) is 12.8. The average Bonchev–Trinajstić information content (AvgIpc) is 2.96. The number of aromatic nitrogens is 1. The van der Waals surface area contributed by atoms with E-state index in [-0.39, 0.29) is 5.92 Å². The fourth-order valence-electron chi connectivity index (χ4n) is 2.48. The van der Waals surface area contributed by atoms with E-state index in [2.05, 4.69) is 4.98 Å². The van der Waals surface area contributed by atoms with Gasteiger partial charge in [-0.1, -0.05) is 24.3 Å². The number of aryl methyl sites for hydroxylation is 1. The van der Waals surface area contributed by atoms with E-state index in [1.807, 2.05) is 36.6 Å². The number of benzene rings is 1. The lowest BCUT2D eigenvalue weighted by Gasteiger charge is -2.08. The molecule has 1 fully saturated rings. The Hall–Kier alpha value is -1.20. The highest BCUT2D eigenvalue weighted by Crippen LogP contribution is 2.30. The molecule has 1 atom stereocenters. The summed E-state index contributed by atoms with van der Waals surface area (Å²) < 4.78 is 23.0. The first-order chi connectivity index (χ1) is 9.03. The summed E-state index contributed by atoms with van der Waals surface area (Å²) in [5.74, 6) is 0.781. The Kier molecular flexibility index (Phi) is 3.19. The number of hydrogen-bond donors (Lipinski definition) is 0. The van der Waals surface area contributed by atoms with Gasteiger partial charge in [0.05, 0.1) is 22.2 Å². The largest absolute Gasteiger partial charge is 0.242 e. The monoisotopic (exact) mass is 293 g/mol. The van der Waals surface area contributed by atoms with E-state index < -0.39 is 9.84 Å². The summed E-state index contributed by atoms with van der Waals surface area (Å²) >= 11 is 1.64. The molecule has 1 saturated heterocycles. The Bertz CT molecular complexity index is 686. The molecule has 0 spiro atoms. The van der Waals surface area contributed by atoms with Crippen molar-refractivity contribution in [3.05, 3.63) is 40.2 Å². The zero-order chi connectivity index (χ0) is 13.5. The molecule has 2 heterocycles. The molecule has 0 aliphatic carbocycles. The zero-order valence-electron chi connectivity index (χ0n) is 10.7. The van der Waals surface area contributed by atoms with Crippen LogP contribution in [-0.4, -0.2) is 24.9 Å².